The molecule has 1 fully saturated rings. The molecule has 1 aliphatic rings. The fraction of sp³-hybridized carbons (Fsp3) is 0.360. The molecule has 1 saturated heterocycles. The SMILES string of the molecule is c1ccc(CCc2cccc(-c3[nH]nc4nc(NCCN5CCCCC5)ncc34)n2)cc1. The fourth-order valence-electron chi connectivity index (χ4n) is 4.27. The average molecular weight is 428 g/mol. The second-order valence-corrected chi connectivity index (χ2v) is 8.36. The van der Waals surface area contributed by atoms with Crippen LogP contribution in [0.15, 0.2) is 54.7 Å². The summed E-state index contributed by atoms with van der Waals surface area (Å²) in [6.45, 7) is 4.25. The summed E-state index contributed by atoms with van der Waals surface area (Å²) in [6, 6.07) is 16.6. The lowest BCUT2D eigenvalue weighted by molar-refractivity contribution is 0.237. The van der Waals surface area contributed by atoms with E-state index in [1.807, 2.05) is 24.4 Å². The van der Waals surface area contributed by atoms with Crippen LogP contribution in [0.2, 0.25) is 0 Å². The maximum absolute atomic E-state index is 4.86. The van der Waals surface area contributed by atoms with Gasteiger partial charge >= 0.3 is 0 Å². The third-order valence-electron chi connectivity index (χ3n) is 6.05. The van der Waals surface area contributed by atoms with Gasteiger partial charge in [-0.05, 0) is 56.5 Å². The second-order valence-electron chi connectivity index (χ2n) is 8.36. The van der Waals surface area contributed by atoms with Gasteiger partial charge in [0.2, 0.25) is 5.95 Å². The molecule has 0 spiro atoms. The Bertz CT molecular complexity index is 1150. The normalized spacial score (nSPS) is 14.6. The Kier molecular flexibility index (Phi) is 6.35. The standard InChI is InChI=1S/C25H29N7/c1-3-8-19(9-4-1)12-13-20-10-7-11-22(28-20)23-21-18-27-25(29-24(21)31-30-23)26-14-17-32-15-5-2-6-16-32/h1,3-4,7-11,18H,2,5-6,12-17H2,(H2,26,27,29,30,31). The highest BCUT2D eigenvalue weighted by Gasteiger charge is 2.13. The summed E-state index contributed by atoms with van der Waals surface area (Å²) in [5.74, 6) is 0.622. The lowest BCUT2D eigenvalue weighted by atomic mass is 10.1. The van der Waals surface area contributed by atoms with E-state index in [1.165, 1.54) is 37.9 Å². The fourth-order valence-corrected chi connectivity index (χ4v) is 4.27. The van der Waals surface area contributed by atoms with E-state index in [0.29, 0.717) is 11.6 Å². The smallest absolute Gasteiger partial charge is 0.224 e. The van der Waals surface area contributed by atoms with E-state index in [4.69, 9.17) is 4.98 Å². The van der Waals surface area contributed by atoms with Gasteiger partial charge in [0.1, 0.15) is 0 Å². The number of fused-ring (bicyclic) bond motifs is 1. The number of nitrogens with one attached hydrogen (secondary N) is 2. The predicted molar refractivity (Wildman–Crippen MR) is 128 cm³/mol. The zero-order valence-corrected chi connectivity index (χ0v) is 18.3. The predicted octanol–water partition coefficient (Wildman–Crippen LogP) is 4.10. The summed E-state index contributed by atoms with van der Waals surface area (Å²) in [6.07, 6.45) is 7.67. The van der Waals surface area contributed by atoms with Crippen molar-refractivity contribution in [3.05, 3.63) is 66.0 Å². The van der Waals surface area contributed by atoms with Gasteiger partial charge in [-0.25, -0.2) is 4.98 Å². The van der Waals surface area contributed by atoms with Gasteiger partial charge in [0.25, 0.3) is 0 Å². The third kappa shape index (κ3) is 4.94. The number of pyridine rings is 1. The summed E-state index contributed by atoms with van der Waals surface area (Å²) in [7, 11) is 0. The first-order valence-electron chi connectivity index (χ1n) is 11.5. The minimum Gasteiger partial charge on any atom is -0.353 e. The molecule has 1 aromatic carbocycles. The topological polar surface area (TPSA) is 82.6 Å². The zero-order chi connectivity index (χ0) is 21.6. The number of aryl methyl sites for hydroxylation is 2. The van der Waals surface area contributed by atoms with Crippen molar-refractivity contribution in [2.45, 2.75) is 32.1 Å². The number of piperidine rings is 1. The van der Waals surface area contributed by atoms with Crippen molar-refractivity contribution in [2.24, 2.45) is 0 Å². The maximum atomic E-state index is 4.86. The highest BCUT2D eigenvalue weighted by atomic mass is 15.2. The van der Waals surface area contributed by atoms with Gasteiger partial charge in [-0.2, -0.15) is 10.1 Å². The average Bonchev–Trinajstić information content (AvgIpc) is 3.28. The Balaban J connectivity index is 1.25. The van der Waals surface area contributed by atoms with Crippen LogP contribution in [0.4, 0.5) is 5.95 Å². The minimum absolute atomic E-state index is 0.622. The Hall–Kier alpha value is -3.32. The van der Waals surface area contributed by atoms with Gasteiger partial charge in [0.05, 0.1) is 16.8 Å². The maximum Gasteiger partial charge on any atom is 0.224 e. The number of hydrogen-bond donors (Lipinski definition) is 2. The van der Waals surface area contributed by atoms with Crippen LogP contribution >= 0.6 is 0 Å². The lowest BCUT2D eigenvalue weighted by Gasteiger charge is -2.26. The van der Waals surface area contributed by atoms with E-state index < -0.39 is 0 Å². The molecule has 0 aliphatic carbocycles. The summed E-state index contributed by atoms with van der Waals surface area (Å²) in [5.41, 5.74) is 4.77. The minimum atomic E-state index is 0.622. The Morgan fingerprint density at radius 1 is 0.906 bits per heavy atom. The number of aromatic nitrogens is 5. The van der Waals surface area contributed by atoms with Crippen molar-refractivity contribution in [2.75, 3.05) is 31.5 Å². The molecule has 0 atom stereocenters. The van der Waals surface area contributed by atoms with Gasteiger partial charge in [0, 0.05) is 25.0 Å². The molecule has 7 heteroatoms. The van der Waals surface area contributed by atoms with E-state index in [0.717, 1.165) is 48.4 Å². The lowest BCUT2D eigenvalue weighted by Crippen LogP contribution is -2.33. The second kappa shape index (κ2) is 9.87. The number of H-pyrrole nitrogens is 1. The number of benzene rings is 1. The van der Waals surface area contributed by atoms with E-state index in [-0.39, 0.29) is 0 Å². The van der Waals surface area contributed by atoms with Crippen molar-refractivity contribution in [3.63, 3.8) is 0 Å². The van der Waals surface area contributed by atoms with Gasteiger partial charge in [0.15, 0.2) is 5.65 Å². The van der Waals surface area contributed by atoms with E-state index in [2.05, 4.69) is 60.7 Å². The molecule has 164 valence electrons. The number of nitrogens with zero attached hydrogens (tertiary/aromatic N) is 5. The molecule has 0 saturated carbocycles. The van der Waals surface area contributed by atoms with Gasteiger partial charge < -0.3 is 10.2 Å². The van der Waals surface area contributed by atoms with Crippen molar-refractivity contribution in [1.82, 2.24) is 30.0 Å². The van der Waals surface area contributed by atoms with Crippen LogP contribution in [0.5, 0.6) is 0 Å². The monoisotopic (exact) mass is 427 g/mol. The van der Waals surface area contributed by atoms with E-state index in [9.17, 15) is 0 Å². The summed E-state index contributed by atoms with van der Waals surface area (Å²) < 4.78 is 0. The van der Waals surface area contributed by atoms with Crippen molar-refractivity contribution >= 4 is 17.0 Å². The third-order valence-corrected chi connectivity index (χ3v) is 6.05. The largest absolute Gasteiger partial charge is 0.353 e. The Morgan fingerprint density at radius 3 is 2.66 bits per heavy atom. The molecule has 5 rings (SSSR count). The molecule has 7 nitrogen and oxygen atoms in total. The Morgan fingerprint density at radius 2 is 1.78 bits per heavy atom. The van der Waals surface area contributed by atoms with Crippen molar-refractivity contribution in [3.8, 4) is 11.4 Å². The van der Waals surface area contributed by atoms with Crippen LogP contribution < -0.4 is 5.32 Å². The molecule has 2 N–H and O–H groups in total. The summed E-state index contributed by atoms with van der Waals surface area (Å²) >= 11 is 0. The highest BCUT2D eigenvalue weighted by Crippen LogP contribution is 2.24. The molecule has 0 amide bonds. The first-order chi connectivity index (χ1) is 15.8. The van der Waals surface area contributed by atoms with Crippen LogP contribution in [-0.2, 0) is 12.8 Å². The van der Waals surface area contributed by atoms with Crippen LogP contribution in [0.25, 0.3) is 22.4 Å². The van der Waals surface area contributed by atoms with Crippen LogP contribution in [0.1, 0.15) is 30.5 Å². The molecule has 4 aromatic rings. The van der Waals surface area contributed by atoms with Crippen molar-refractivity contribution < 1.29 is 0 Å². The molecular weight excluding hydrogens is 398 g/mol. The summed E-state index contributed by atoms with van der Waals surface area (Å²) in [5, 5.41) is 11.8. The number of rotatable bonds is 8. The van der Waals surface area contributed by atoms with Crippen molar-refractivity contribution in [1.29, 1.82) is 0 Å². The van der Waals surface area contributed by atoms with Crippen LogP contribution in [0, 0.1) is 0 Å². The number of anilines is 1. The van der Waals surface area contributed by atoms with Crippen LogP contribution in [-0.4, -0.2) is 56.2 Å². The molecule has 3 aromatic heterocycles. The molecule has 1 aliphatic heterocycles. The van der Waals surface area contributed by atoms with Gasteiger partial charge in [-0.3, -0.25) is 10.1 Å². The number of aromatic amines is 1. The van der Waals surface area contributed by atoms with Gasteiger partial charge in [-0.15, -0.1) is 0 Å². The van der Waals surface area contributed by atoms with Gasteiger partial charge in [-0.1, -0.05) is 42.8 Å². The first-order valence-corrected chi connectivity index (χ1v) is 11.5. The summed E-state index contributed by atoms with van der Waals surface area (Å²) in [4.78, 5) is 16.5. The van der Waals surface area contributed by atoms with E-state index >= 15 is 0 Å². The number of hydrogen-bond acceptors (Lipinski definition) is 6. The molecule has 32 heavy (non-hydrogen) atoms. The molecule has 4 heterocycles. The molecule has 0 bridgehead atoms. The van der Waals surface area contributed by atoms with Crippen LogP contribution in [0.3, 0.4) is 0 Å². The first kappa shape index (κ1) is 20.6. The molecule has 0 unspecified atom stereocenters. The quantitative estimate of drug-likeness (QED) is 0.441. The zero-order valence-electron chi connectivity index (χ0n) is 18.3. The van der Waals surface area contributed by atoms with E-state index in [1.54, 1.807) is 0 Å². The highest BCUT2D eigenvalue weighted by molar-refractivity contribution is 5.89. The molecule has 0 radical (unpaired) electrons. The Labute approximate surface area is 188 Å². The number of likely N-dealkylation sites (tertiary alicyclic amines) is 1. The molecular formula is C25H29N7.